The number of aromatic nitrogens is 1. The zero-order valence-electron chi connectivity index (χ0n) is 10.6. The fourth-order valence-corrected chi connectivity index (χ4v) is 2.38. The number of hydrogen-bond donors (Lipinski definition) is 2. The second kappa shape index (κ2) is 7.01. The quantitative estimate of drug-likeness (QED) is 0.799. The monoisotopic (exact) mass is 261 g/mol. The number of anilines is 2. The molecule has 4 heteroatoms. The van der Waals surface area contributed by atoms with Crippen LogP contribution in [0.5, 0.6) is 0 Å². The molecule has 0 aliphatic rings. The Kier molecular flexibility index (Phi) is 5.02. The summed E-state index contributed by atoms with van der Waals surface area (Å²) in [6, 6.07) is 8.34. The summed E-state index contributed by atoms with van der Waals surface area (Å²) >= 11 is 1.81. The van der Waals surface area contributed by atoms with Crippen LogP contribution in [-0.4, -0.2) is 18.1 Å². The minimum atomic E-state index is 0.943. The summed E-state index contributed by atoms with van der Waals surface area (Å²) in [6.45, 7) is 4.07. The lowest BCUT2D eigenvalue weighted by atomic mass is 10.3. The van der Waals surface area contributed by atoms with Crippen molar-refractivity contribution in [2.75, 3.05) is 23.7 Å². The lowest BCUT2D eigenvalue weighted by Gasteiger charge is -2.08. The predicted molar refractivity (Wildman–Crippen MR) is 79.5 cm³/mol. The van der Waals surface area contributed by atoms with E-state index in [0.29, 0.717) is 0 Å². The van der Waals surface area contributed by atoms with Gasteiger partial charge in [0.2, 0.25) is 0 Å². The van der Waals surface area contributed by atoms with E-state index in [1.165, 1.54) is 4.88 Å². The molecule has 0 radical (unpaired) electrons. The van der Waals surface area contributed by atoms with E-state index in [2.05, 4.69) is 46.1 Å². The average Bonchev–Trinajstić information content (AvgIpc) is 2.90. The van der Waals surface area contributed by atoms with E-state index in [1.54, 1.807) is 0 Å². The molecule has 0 saturated carbocycles. The van der Waals surface area contributed by atoms with Crippen molar-refractivity contribution in [1.29, 1.82) is 0 Å². The van der Waals surface area contributed by atoms with E-state index in [0.717, 1.165) is 37.4 Å². The van der Waals surface area contributed by atoms with Gasteiger partial charge in [-0.15, -0.1) is 11.3 Å². The molecule has 2 N–H and O–H groups in total. The SMILES string of the molecule is CCCNc1cc(NCCc2cccs2)ccn1. The maximum absolute atomic E-state index is 4.29. The largest absolute Gasteiger partial charge is 0.385 e. The van der Waals surface area contributed by atoms with Crippen molar-refractivity contribution in [2.45, 2.75) is 19.8 Å². The molecule has 96 valence electrons. The van der Waals surface area contributed by atoms with Gasteiger partial charge in [-0.3, -0.25) is 0 Å². The molecule has 0 unspecified atom stereocenters. The van der Waals surface area contributed by atoms with Gasteiger partial charge >= 0.3 is 0 Å². The third-order valence-electron chi connectivity index (χ3n) is 2.60. The topological polar surface area (TPSA) is 37.0 Å². The Balaban J connectivity index is 1.81. The number of hydrogen-bond acceptors (Lipinski definition) is 4. The van der Waals surface area contributed by atoms with Gasteiger partial charge in [-0.1, -0.05) is 13.0 Å². The molecule has 0 bridgehead atoms. The van der Waals surface area contributed by atoms with E-state index in [4.69, 9.17) is 0 Å². The predicted octanol–water partition coefficient (Wildman–Crippen LogP) is 3.62. The molecule has 3 nitrogen and oxygen atoms in total. The minimum absolute atomic E-state index is 0.943. The van der Waals surface area contributed by atoms with Gasteiger partial charge in [0.25, 0.3) is 0 Å². The zero-order valence-corrected chi connectivity index (χ0v) is 11.5. The molecule has 2 rings (SSSR count). The van der Waals surface area contributed by atoms with Crippen molar-refractivity contribution in [1.82, 2.24) is 4.98 Å². The molecule has 2 heterocycles. The average molecular weight is 261 g/mol. The first-order valence-electron chi connectivity index (χ1n) is 6.34. The first-order valence-corrected chi connectivity index (χ1v) is 7.22. The van der Waals surface area contributed by atoms with Gasteiger partial charge in [0, 0.05) is 35.9 Å². The summed E-state index contributed by atoms with van der Waals surface area (Å²) < 4.78 is 0. The van der Waals surface area contributed by atoms with E-state index in [9.17, 15) is 0 Å². The molecule has 0 aliphatic carbocycles. The molecule has 0 spiro atoms. The summed E-state index contributed by atoms with van der Waals surface area (Å²) in [5.74, 6) is 0.943. The summed E-state index contributed by atoms with van der Waals surface area (Å²) in [7, 11) is 0. The minimum Gasteiger partial charge on any atom is -0.385 e. The molecule has 0 aliphatic heterocycles. The molecule has 18 heavy (non-hydrogen) atoms. The molecule has 0 saturated heterocycles. The van der Waals surface area contributed by atoms with E-state index >= 15 is 0 Å². The number of thiophene rings is 1. The molecule has 2 aromatic heterocycles. The molecular weight excluding hydrogens is 242 g/mol. The summed E-state index contributed by atoms with van der Waals surface area (Å²) in [5.41, 5.74) is 1.13. The van der Waals surface area contributed by atoms with Crippen LogP contribution in [0, 0.1) is 0 Å². The fraction of sp³-hybridized carbons (Fsp3) is 0.357. The number of nitrogens with zero attached hydrogens (tertiary/aromatic N) is 1. The van der Waals surface area contributed by atoms with E-state index < -0.39 is 0 Å². The number of nitrogens with one attached hydrogen (secondary N) is 2. The van der Waals surface area contributed by atoms with Crippen molar-refractivity contribution in [2.24, 2.45) is 0 Å². The van der Waals surface area contributed by atoms with Crippen molar-refractivity contribution in [3.05, 3.63) is 40.7 Å². The Morgan fingerprint density at radius 1 is 1.22 bits per heavy atom. The van der Waals surface area contributed by atoms with E-state index in [-0.39, 0.29) is 0 Å². The van der Waals surface area contributed by atoms with Gasteiger partial charge < -0.3 is 10.6 Å². The van der Waals surface area contributed by atoms with E-state index in [1.807, 2.05) is 23.6 Å². The second-order valence-electron chi connectivity index (χ2n) is 4.11. The van der Waals surface area contributed by atoms with Crippen LogP contribution in [0.15, 0.2) is 35.8 Å². The van der Waals surface area contributed by atoms with Crippen molar-refractivity contribution in [3.8, 4) is 0 Å². The standard InChI is InChI=1S/C14H19N3S/c1-2-7-16-14-11-12(5-8-17-14)15-9-6-13-4-3-10-18-13/h3-5,8,10-11H,2,6-7,9H2,1H3,(H2,15,16,17). The summed E-state index contributed by atoms with van der Waals surface area (Å²) in [4.78, 5) is 5.70. The van der Waals surface area contributed by atoms with Gasteiger partial charge in [0.1, 0.15) is 5.82 Å². The normalized spacial score (nSPS) is 10.3. The second-order valence-corrected chi connectivity index (χ2v) is 5.14. The molecule has 2 aromatic rings. The summed E-state index contributed by atoms with van der Waals surface area (Å²) in [5, 5.41) is 8.84. The van der Waals surface area contributed by atoms with Crippen LogP contribution in [0.4, 0.5) is 11.5 Å². The van der Waals surface area contributed by atoms with Crippen LogP contribution in [0.1, 0.15) is 18.2 Å². The first-order chi connectivity index (χ1) is 8.88. The zero-order chi connectivity index (χ0) is 12.6. The highest BCUT2D eigenvalue weighted by atomic mass is 32.1. The van der Waals surface area contributed by atoms with Crippen LogP contribution in [0.25, 0.3) is 0 Å². The van der Waals surface area contributed by atoms with Crippen LogP contribution in [0.3, 0.4) is 0 Å². The highest BCUT2D eigenvalue weighted by Gasteiger charge is 1.97. The van der Waals surface area contributed by atoms with Crippen molar-refractivity contribution >= 4 is 22.8 Å². The van der Waals surface area contributed by atoms with Gasteiger partial charge in [-0.2, -0.15) is 0 Å². The van der Waals surface area contributed by atoms with Crippen molar-refractivity contribution < 1.29 is 0 Å². The Bertz CT molecular complexity index is 454. The van der Waals surface area contributed by atoms with Crippen LogP contribution in [-0.2, 0) is 6.42 Å². The van der Waals surface area contributed by atoms with Crippen molar-refractivity contribution in [3.63, 3.8) is 0 Å². The van der Waals surface area contributed by atoms with Gasteiger partial charge in [0.05, 0.1) is 0 Å². The maximum Gasteiger partial charge on any atom is 0.127 e. The lowest BCUT2D eigenvalue weighted by molar-refractivity contribution is 0.968. The Hall–Kier alpha value is -1.55. The van der Waals surface area contributed by atoms with Gasteiger partial charge in [-0.05, 0) is 30.4 Å². The highest BCUT2D eigenvalue weighted by molar-refractivity contribution is 7.09. The highest BCUT2D eigenvalue weighted by Crippen LogP contribution is 2.13. The third kappa shape index (κ3) is 4.04. The number of rotatable bonds is 7. The molecule has 0 aromatic carbocycles. The van der Waals surface area contributed by atoms with Crippen LogP contribution in [0.2, 0.25) is 0 Å². The Morgan fingerprint density at radius 2 is 2.17 bits per heavy atom. The Labute approximate surface area is 112 Å². The fourth-order valence-electron chi connectivity index (χ4n) is 1.68. The first kappa shape index (κ1) is 12.9. The molecular formula is C14H19N3S. The maximum atomic E-state index is 4.29. The molecule has 0 atom stereocenters. The van der Waals surface area contributed by atoms with Crippen LogP contribution >= 0.6 is 11.3 Å². The van der Waals surface area contributed by atoms with Crippen LogP contribution < -0.4 is 10.6 Å². The Morgan fingerprint density at radius 3 is 2.94 bits per heavy atom. The lowest BCUT2D eigenvalue weighted by Crippen LogP contribution is -2.06. The molecule has 0 fully saturated rings. The molecule has 0 amide bonds. The third-order valence-corrected chi connectivity index (χ3v) is 3.53. The van der Waals surface area contributed by atoms with Gasteiger partial charge in [0.15, 0.2) is 0 Å². The van der Waals surface area contributed by atoms with Gasteiger partial charge in [-0.25, -0.2) is 4.98 Å². The number of pyridine rings is 1. The smallest absolute Gasteiger partial charge is 0.127 e. The summed E-state index contributed by atoms with van der Waals surface area (Å²) in [6.07, 6.45) is 4.01.